The van der Waals surface area contributed by atoms with Crippen LogP contribution in [0.5, 0.6) is 0 Å². The van der Waals surface area contributed by atoms with Crippen LogP contribution in [-0.2, 0) is 0 Å². The van der Waals surface area contributed by atoms with E-state index in [1.807, 2.05) is 0 Å². The molecule has 4 heteroatoms. The van der Waals surface area contributed by atoms with Gasteiger partial charge in [0.05, 0.1) is 0 Å². The maximum absolute atomic E-state index is 7.65. The number of thiol groups is 1. The molecule has 6 heavy (non-hydrogen) atoms. The van der Waals surface area contributed by atoms with Gasteiger partial charge in [0.25, 0.3) is 0 Å². The number of thiocarbonyl (C=S) groups is 1. The van der Waals surface area contributed by atoms with Crippen LogP contribution < -0.4 is 0 Å². The van der Waals surface area contributed by atoms with Gasteiger partial charge in [-0.1, -0.05) is 12.6 Å². The monoisotopic (exact) mass is 148 g/mol. The molecule has 0 rings (SSSR count). The molecular formula is C2H5KOS2. The van der Waals surface area contributed by atoms with E-state index in [0.29, 0.717) is 0 Å². The summed E-state index contributed by atoms with van der Waals surface area (Å²) in [5.74, 6) is 0. The Bertz CT molecular complexity index is 34.5. The summed E-state index contributed by atoms with van der Waals surface area (Å²) >= 11 is 8.27. The standard InChI is InChI=1S/CH2OS2.CH3.K/c2-1(3)4;;/h(H2,2,3,4);1H3;. The Morgan fingerprint density at radius 1 is 1.83 bits per heavy atom. The van der Waals surface area contributed by atoms with Crippen LogP contribution in [0.4, 0.5) is 0 Å². The van der Waals surface area contributed by atoms with Gasteiger partial charge >= 0.3 is 50.0 Å². The van der Waals surface area contributed by atoms with Gasteiger partial charge < -0.3 is 5.11 Å². The second kappa shape index (κ2) is 9.99. The molecule has 0 spiro atoms. The first-order valence-corrected chi connectivity index (χ1v) is 5.63. The van der Waals surface area contributed by atoms with Crippen LogP contribution in [0.15, 0.2) is 0 Å². The van der Waals surface area contributed by atoms with Gasteiger partial charge in [-0.2, -0.15) is 0 Å². The SMILES string of the molecule is OC(=S)S.[CH3][K]. The van der Waals surface area contributed by atoms with E-state index in [1.165, 1.54) is 0 Å². The summed E-state index contributed by atoms with van der Waals surface area (Å²) < 4.78 is 1.88. The molecule has 0 heterocycles. The van der Waals surface area contributed by atoms with Gasteiger partial charge in [-0.15, -0.1) is 0 Å². The predicted octanol–water partition coefficient (Wildman–Crippen LogP) is 0.962. The first-order chi connectivity index (χ1) is 2.73. The number of hydrogen-bond acceptors (Lipinski definition) is 1. The van der Waals surface area contributed by atoms with Crippen molar-refractivity contribution in [1.82, 2.24) is 0 Å². The Labute approximate surface area is 82.5 Å². The Morgan fingerprint density at radius 3 is 1.83 bits per heavy atom. The number of rotatable bonds is 0. The van der Waals surface area contributed by atoms with E-state index in [1.54, 1.807) is 0 Å². The molecule has 0 bridgehead atoms. The van der Waals surface area contributed by atoms with Crippen LogP contribution in [0.25, 0.3) is 0 Å². The Kier molecular flexibility index (Phi) is 17.9. The zero-order chi connectivity index (χ0) is 5.58. The molecule has 0 atom stereocenters. The van der Waals surface area contributed by atoms with Gasteiger partial charge in [-0.3, -0.25) is 0 Å². The van der Waals surface area contributed by atoms with E-state index < -0.39 is 0 Å². The first kappa shape index (κ1) is 10.8. The number of hydrogen-bond donors (Lipinski definition) is 2. The number of aliphatic hydroxyl groups is 1. The van der Waals surface area contributed by atoms with E-state index in [2.05, 4.69) is 25.9 Å². The molecule has 1 nitrogen and oxygen atoms in total. The van der Waals surface area contributed by atoms with Crippen molar-refractivity contribution in [2.75, 3.05) is 0 Å². The quantitative estimate of drug-likeness (QED) is 0.303. The average molecular weight is 148 g/mol. The van der Waals surface area contributed by atoms with Crippen LogP contribution in [0.3, 0.4) is 0 Å². The molecule has 1 N–H and O–H groups in total. The minimum atomic E-state index is -0.306. The van der Waals surface area contributed by atoms with Crippen molar-refractivity contribution in [2.45, 2.75) is 1.02 Å². The van der Waals surface area contributed by atoms with Crippen molar-refractivity contribution in [1.29, 1.82) is 0 Å². The van der Waals surface area contributed by atoms with Gasteiger partial charge in [-0.25, -0.2) is 0 Å². The van der Waals surface area contributed by atoms with Crippen LogP contribution in [0, 0.1) is 0 Å². The molecule has 0 fully saturated rings. The Hall–Kier alpha value is 1.88. The summed E-state index contributed by atoms with van der Waals surface area (Å²) in [7, 11) is 0. The average Bonchev–Trinajstić information content (AvgIpc) is 1.41. The van der Waals surface area contributed by atoms with Crippen LogP contribution in [0.2, 0.25) is 1.02 Å². The molecule has 0 unspecified atom stereocenters. The van der Waals surface area contributed by atoms with Crippen molar-refractivity contribution in [3.8, 4) is 0 Å². The zero-order valence-corrected chi connectivity index (χ0v) is 8.64. The molecule has 0 radical (unpaired) electrons. The molecule has 0 aromatic heterocycles. The fourth-order valence-corrected chi connectivity index (χ4v) is 0. The molecule has 32 valence electrons. The van der Waals surface area contributed by atoms with Crippen LogP contribution >= 0.6 is 24.8 Å². The molecule has 0 saturated carbocycles. The third-order valence-corrected chi connectivity index (χ3v) is 0. The fraction of sp³-hybridized carbons (Fsp3) is 0.500. The molecule has 0 aromatic carbocycles. The zero-order valence-electron chi connectivity index (χ0n) is 3.80. The second-order valence-electron chi connectivity index (χ2n) is 0.283. The molecule has 0 aromatic rings. The molecular weight excluding hydrogens is 143 g/mol. The normalized spacial score (nSPS) is 5.33. The van der Waals surface area contributed by atoms with Gasteiger partial charge in [0.2, 0.25) is 4.38 Å². The third kappa shape index (κ3) is 39.7. The summed E-state index contributed by atoms with van der Waals surface area (Å²) in [5, 5.41) is 7.65. The van der Waals surface area contributed by atoms with E-state index in [4.69, 9.17) is 5.11 Å². The van der Waals surface area contributed by atoms with E-state index in [0.717, 1.165) is 49.0 Å². The summed E-state index contributed by atoms with van der Waals surface area (Å²) in [4.78, 5) is 0. The summed E-state index contributed by atoms with van der Waals surface area (Å²) in [6.45, 7) is 0. The van der Waals surface area contributed by atoms with Gasteiger partial charge in [-0.05, 0) is 12.2 Å². The summed E-state index contributed by atoms with van der Waals surface area (Å²) in [5.41, 5.74) is 0. The predicted molar refractivity (Wildman–Crippen MR) is 35.8 cm³/mol. The van der Waals surface area contributed by atoms with Crippen LogP contribution in [-0.4, -0.2) is 58.4 Å². The van der Waals surface area contributed by atoms with Crippen molar-refractivity contribution in [3.05, 3.63) is 0 Å². The van der Waals surface area contributed by atoms with E-state index in [9.17, 15) is 0 Å². The van der Waals surface area contributed by atoms with E-state index in [-0.39, 0.29) is 4.38 Å². The van der Waals surface area contributed by atoms with Crippen molar-refractivity contribution in [3.63, 3.8) is 0 Å². The number of aliphatic hydroxyl groups excluding tert-OH is 1. The Morgan fingerprint density at radius 2 is 1.83 bits per heavy atom. The second-order valence-corrected chi connectivity index (χ2v) is 1.40. The molecule has 0 aliphatic heterocycles. The third-order valence-electron chi connectivity index (χ3n) is 0. The van der Waals surface area contributed by atoms with Crippen molar-refractivity contribution in [2.24, 2.45) is 0 Å². The van der Waals surface area contributed by atoms with Crippen molar-refractivity contribution >= 4 is 78.2 Å². The van der Waals surface area contributed by atoms with Gasteiger partial charge in [0, 0.05) is 0 Å². The van der Waals surface area contributed by atoms with Gasteiger partial charge in [0.1, 0.15) is 0 Å². The summed E-state index contributed by atoms with van der Waals surface area (Å²) in [6, 6.07) is 0. The fourth-order valence-electron chi connectivity index (χ4n) is 0. The van der Waals surface area contributed by atoms with Gasteiger partial charge in [0.15, 0.2) is 0 Å². The van der Waals surface area contributed by atoms with E-state index >= 15 is 0 Å². The van der Waals surface area contributed by atoms with Crippen molar-refractivity contribution < 1.29 is 5.11 Å². The molecule has 0 saturated heterocycles. The maximum atomic E-state index is 7.65. The molecule has 0 amide bonds. The Balaban J connectivity index is 0. The minimum absolute atomic E-state index is 0.306. The molecule has 0 aliphatic rings. The topological polar surface area (TPSA) is 20.2 Å². The summed E-state index contributed by atoms with van der Waals surface area (Å²) in [6.07, 6.45) is 0. The van der Waals surface area contributed by atoms with Crippen LogP contribution in [0.1, 0.15) is 0 Å². The first-order valence-electron chi connectivity index (χ1n) is 1.65. The molecule has 0 aliphatic carbocycles.